The molecule has 0 saturated heterocycles. The average molecular weight is 195 g/mol. The third kappa shape index (κ3) is 1.51. The van der Waals surface area contributed by atoms with Crippen LogP contribution in [0.3, 0.4) is 0 Å². The number of hydrogen-bond acceptors (Lipinski definition) is 3. The molecule has 0 amide bonds. The summed E-state index contributed by atoms with van der Waals surface area (Å²) in [6, 6.07) is 0. The van der Waals surface area contributed by atoms with Crippen molar-refractivity contribution < 1.29 is 0 Å². The first kappa shape index (κ1) is 8.84. The molecule has 13 heavy (non-hydrogen) atoms. The summed E-state index contributed by atoms with van der Waals surface area (Å²) in [5.41, 5.74) is 2.58. The van der Waals surface area contributed by atoms with Gasteiger partial charge in [0.1, 0.15) is 0 Å². The number of nitrogens with zero attached hydrogens (tertiary/aromatic N) is 1. The highest BCUT2D eigenvalue weighted by atomic mass is 32.1. The Balaban J connectivity index is 2.61. The molecule has 2 N–H and O–H groups in total. The second-order valence-corrected chi connectivity index (χ2v) is 4.46. The van der Waals surface area contributed by atoms with Crippen molar-refractivity contribution in [3.63, 3.8) is 0 Å². The first-order chi connectivity index (χ1) is 6.09. The van der Waals surface area contributed by atoms with Gasteiger partial charge in [-0.3, -0.25) is 0 Å². The van der Waals surface area contributed by atoms with Gasteiger partial charge >= 0.3 is 0 Å². The van der Waals surface area contributed by atoms with Crippen LogP contribution in [-0.2, 0) is 12.0 Å². The van der Waals surface area contributed by atoms with Crippen molar-refractivity contribution in [2.24, 2.45) is 0 Å². The van der Waals surface area contributed by atoms with Gasteiger partial charge in [0.25, 0.3) is 0 Å². The predicted molar refractivity (Wildman–Crippen MR) is 54.2 cm³/mol. The zero-order valence-electron chi connectivity index (χ0n) is 7.85. The molecule has 0 bridgehead atoms. The SMILES string of the molecule is CC1(C)CNCc2cnc(=S)[nH]c21. The lowest BCUT2D eigenvalue weighted by atomic mass is 9.84. The number of fused-ring (bicyclic) bond motifs is 1. The van der Waals surface area contributed by atoms with Gasteiger partial charge < -0.3 is 10.3 Å². The van der Waals surface area contributed by atoms with Crippen LogP contribution in [0, 0.1) is 4.77 Å². The Morgan fingerprint density at radius 2 is 2.31 bits per heavy atom. The Morgan fingerprint density at radius 3 is 3.08 bits per heavy atom. The Kier molecular flexibility index (Phi) is 1.96. The maximum absolute atomic E-state index is 5.01. The van der Waals surface area contributed by atoms with Gasteiger partial charge in [-0.25, -0.2) is 4.98 Å². The molecule has 70 valence electrons. The topological polar surface area (TPSA) is 40.7 Å². The molecule has 1 aromatic rings. The smallest absolute Gasteiger partial charge is 0.196 e. The summed E-state index contributed by atoms with van der Waals surface area (Å²) in [5, 5.41) is 3.36. The van der Waals surface area contributed by atoms with E-state index in [4.69, 9.17) is 12.2 Å². The fraction of sp³-hybridized carbons (Fsp3) is 0.556. The second-order valence-electron chi connectivity index (χ2n) is 4.08. The van der Waals surface area contributed by atoms with Crippen molar-refractivity contribution in [3.8, 4) is 0 Å². The minimum Gasteiger partial charge on any atom is -0.334 e. The fourth-order valence-electron chi connectivity index (χ4n) is 1.76. The first-order valence-corrected chi connectivity index (χ1v) is 4.80. The molecule has 0 spiro atoms. The van der Waals surface area contributed by atoms with Crippen LogP contribution >= 0.6 is 12.2 Å². The minimum atomic E-state index is 0.129. The Bertz CT molecular complexity index is 381. The molecule has 1 aliphatic rings. The zero-order valence-corrected chi connectivity index (χ0v) is 8.66. The quantitative estimate of drug-likeness (QED) is 0.617. The molecule has 2 heterocycles. The number of rotatable bonds is 0. The molecule has 1 aliphatic heterocycles. The number of nitrogens with one attached hydrogen (secondary N) is 2. The Labute approximate surface area is 82.6 Å². The third-order valence-corrected chi connectivity index (χ3v) is 2.66. The van der Waals surface area contributed by atoms with Gasteiger partial charge in [0, 0.05) is 36.0 Å². The molecule has 0 saturated carbocycles. The van der Waals surface area contributed by atoms with Crippen molar-refractivity contribution in [2.75, 3.05) is 6.54 Å². The summed E-state index contributed by atoms with van der Waals surface area (Å²) in [7, 11) is 0. The van der Waals surface area contributed by atoms with E-state index >= 15 is 0 Å². The largest absolute Gasteiger partial charge is 0.334 e. The molecule has 3 nitrogen and oxygen atoms in total. The molecule has 0 aromatic carbocycles. The summed E-state index contributed by atoms with van der Waals surface area (Å²) in [5.74, 6) is 0. The van der Waals surface area contributed by atoms with Gasteiger partial charge in [-0.2, -0.15) is 0 Å². The number of H-pyrrole nitrogens is 1. The van der Waals surface area contributed by atoms with Crippen LogP contribution in [0.4, 0.5) is 0 Å². The highest BCUT2D eigenvalue weighted by molar-refractivity contribution is 7.71. The lowest BCUT2D eigenvalue weighted by molar-refractivity contribution is 0.419. The number of aromatic nitrogens is 2. The summed E-state index contributed by atoms with van der Waals surface area (Å²) in [6.07, 6.45) is 1.86. The number of hydrogen-bond donors (Lipinski definition) is 2. The van der Waals surface area contributed by atoms with Crippen LogP contribution in [-0.4, -0.2) is 16.5 Å². The van der Waals surface area contributed by atoms with E-state index in [-0.39, 0.29) is 5.41 Å². The highest BCUT2D eigenvalue weighted by Gasteiger charge is 2.27. The van der Waals surface area contributed by atoms with Gasteiger partial charge in [-0.15, -0.1) is 0 Å². The third-order valence-electron chi connectivity index (χ3n) is 2.45. The molecule has 4 heteroatoms. The summed E-state index contributed by atoms with van der Waals surface area (Å²) < 4.78 is 0.578. The van der Waals surface area contributed by atoms with Gasteiger partial charge in [-0.05, 0) is 12.2 Å². The maximum atomic E-state index is 5.01. The predicted octanol–water partition coefficient (Wildman–Crippen LogP) is 1.52. The van der Waals surface area contributed by atoms with Gasteiger partial charge in [0.2, 0.25) is 0 Å². The number of aromatic amines is 1. The lowest BCUT2D eigenvalue weighted by Gasteiger charge is -2.32. The van der Waals surface area contributed by atoms with Crippen molar-refractivity contribution in [2.45, 2.75) is 25.8 Å². The van der Waals surface area contributed by atoms with E-state index in [9.17, 15) is 0 Å². The lowest BCUT2D eigenvalue weighted by Crippen LogP contribution is -2.39. The second kappa shape index (κ2) is 2.89. The molecule has 1 aromatic heterocycles. The van der Waals surface area contributed by atoms with E-state index in [1.54, 1.807) is 0 Å². The van der Waals surface area contributed by atoms with Gasteiger partial charge in [-0.1, -0.05) is 13.8 Å². The van der Waals surface area contributed by atoms with Crippen molar-refractivity contribution >= 4 is 12.2 Å². The van der Waals surface area contributed by atoms with E-state index in [0.717, 1.165) is 13.1 Å². The maximum Gasteiger partial charge on any atom is 0.196 e. The molecular weight excluding hydrogens is 182 g/mol. The molecule has 0 unspecified atom stereocenters. The van der Waals surface area contributed by atoms with Gasteiger partial charge in [0.15, 0.2) is 4.77 Å². The highest BCUT2D eigenvalue weighted by Crippen LogP contribution is 2.26. The summed E-state index contributed by atoms with van der Waals surface area (Å²) >= 11 is 5.01. The first-order valence-electron chi connectivity index (χ1n) is 4.39. The molecular formula is C9H13N3S. The summed E-state index contributed by atoms with van der Waals surface area (Å²) in [4.78, 5) is 7.26. The van der Waals surface area contributed by atoms with E-state index in [2.05, 4.69) is 29.1 Å². The van der Waals surface area contributed by atoms with Crippen LogP contribution < -0.4 is 5.32 Å². The van der Waals surface area contributed by atoms with Gasteiger partial charge in [0.05, 0.1) is 0 Å². The molecule has 0 atom stereocenters. The summed E-state index contributed by atoms with van der Waals surface area (Å²) in [6.45, 7) is 6.26. The van der Waals surface area contributed by atoms with E-state index in [1.807, 2.05) is 6.20 Å². The standard InChI is InChI=1S/C9H13N3S/c1-9(2)5-10-3-6-4-11-8(13)12-7(6)9/h4,10H,3,5H2,1-2H3,(H,11,12,13). The fourth-order valence-corrected chi connectivity index (χ4v) is 1.91. The van der Waals surface area contributed by atoms with Crippen LogP contribution in [0.2, 0.25) is 0 Å². The van der Waals surface area contributed by atoms with E-state index in [0.29, 0.717) is 4.77 Å². The van der Waals surface area contributed by atoms with Crippen molar-refractivity contribution in [1.29, 1.82) is 0 Å². The average Bonchev–Trinajstić information content (AvgIpc) is 2.06. The molecule has 0 fully saturated rings. The normalized spacial score (nSPS) is 19.5. The van der Waals surface area contributed by atoms with Crippen LogP contribution in [0.1, 0.15) is 25.1 Å². The van der Waals surface area contributed by atoms with Crippen molar-refractivity contribution in [3.05, 3.63) is 22.2 Å². The molecule has 0 radical (unpaired) electrons. The molecule has 2 rings (SSSR count). The van der Waals surface area contributed by atoms with E-state index < -0.39 is 0 Å². The van der Waals surface area contributed by atoms with E-state index in [1.165, 1.54) is 11.3 Å². The van der Waals surface area contributed by atoms with Crippen LogP contribution in [0.15, 0.2) is 6.20 Å². The zero-order chi connectivity index (χ0) is 9.47. The van der Waals surface area contributed by atoms with Crippen molar-refractivity contribution in [1.82, 2.24) is 15.3 Å². The minimum absolute atomic E-state index is 0.129. The Hall–Kier alpha value is -0.740. The Morgan fingerprint density at radius 1 is 1.54 bits per heavy atom. The molecule has 0 aliphatic carbocycles. The van der Waals surface area contributed by atoms with Crippen LogP contribution in [0.25, 0.3) is 0 Å². The van der Waals surface area contributed by atoms with Crippen LogP contribution in [0.5, 0.6) is 0 Å². The monoisotopic (exact) mass is 195 g/mol.